The molecule has 2 saturated carbocycles. The van der Waals surface area contributed by atoms with Crippen molar-refractivity contribution in [2.75, 3.05) is 44.2 Å². The van der Waals surface area contributed by atoms with Gasteiger partial charge in [-0.3, -0.25) is 4.98 Å². The van der Waals surface area contributed by atoms with E-state index in [1.807, 2.05) is 0 Å². The van der Waals surface area contributed by atoms with Gasteiger partial charge in [0.15, 0.2) is 5.82 Å². The lowest BCUT2D eigenvalue weighted by molar-refractivity contribution is 0.160. The van der Waals surface area contributed by atoms with Crippen molar-refractivity contribution in [3.8, 4) is 41.4 Å². The zero-order chi connectivity index (χ0) is 34.1. The van der Waals surface area contributed by atoms with Crippen molar-refractivity contribution in [3.05, 3.63) is 47.7 Å². The minimum absolute atomic E-state index is 0.0280. The van der Waals surface area contributed by atoms with Crippen LogP contribution in [0.2, 0.25) is 0 Å². The number of hydrogen-bond donors (Lipinski definition) is 2. The second kappa shape index (κ2) is 11.8. The number of nitriles is 1. The molecule has 2 aliphatic carbocycles. The Bertz CT molecular complexity index is 2060. The summed E-state index contributed by atoms with van der Waals surface area (Å²) in [5.74, 6) is 1.92. The molecule has 4 fully saturated rings. The van der Waals surface area contributed by atoms with Crippen LogP contribution < -0.4 is 15.0 Å². The number of fused-ring (bicyclic) bond motifs is 3. The highest BCUT2D eigenvalue weighted by Gasteiger charge is 2.62. The maximum Gasteiger partial charge on any atom is 0.319 e. The Morgan fingerprint density at radius 2 is 1.90 bits per heavy atom. The summed E-state index contributed by atoms with van der Waals surface area (Å²) >= 11 is 0. The monoisotopic (exact) mass is 663 g/mol. The van der Waals surface area contributed by atoms with Crippen molar-refractivity contribution < 1.29 is 18.6 Å². The topological polar surface area (TPSA) is 110 Å². The number of nitrogens with zero attached hydrogens (tertiary/aromatic N) is 6. The van der Waals surface area contributed by atoms with E-state index in [0.717, 1.165) is 51.7 Å². The maximum atomic E-state index is 16.9. The van der Waals surface area contributed by atoms with Gasteiger partial charge in [-0.2, -0.15) is 15.2 Å². The van der Waals surface area contributed by atoms with E-state index < -0.39 is 11.6 Å². The van der Waals surface area contributed by atoms with Gasteiger partial charge in [-0.1, -0.05) is 25.8 Å². The zero-order valence-electron chi connectivity index (χ0n) is 27.8. The summed E-state index contributed by atoms with van der Waals surface area (Å²) in [6.07, 6.45) is 12.1. The van der Waals surface area contributed by atoms with E-state index in [1.54, 1.807) is 6.20 Å². The second-order valence-corrected chi connectivity index (χ2v) is 14.6. The first-order chi connectivity index (χ1) is 23.7. The molecule has 0 amide bonds. The molecule has 0 bridgehead atoms. The van der Waals surface area contributed by atoms with E-state index in [2.05, 4.69) is 50.9 Å². The third kappa shape index (κ3) is 5.50. The van der Waals surface area contributed by atoms with Crippen molar-refractivity contribution in [3.63, 3.8) is 0 Å². The molecule has 0 radical (unpaired) electrons. The molecule has 2 aromatic heterocycles. The Balaban J connectivity index is 1.20. The van der Waals surface area contributed by atoms with Gasteiger partial charge in [-0.05, 0) is 61.6 Å². The quantitative estimate of drug-likeness (QED) is 0.215. The highest BCUT2D eigenvalue weighted by atomic mass is 19.1. The van der Waals surface area contributed by atoms with Gasteiger partial charge in [0, 0.05) is 67.4 Å². The normalized spacial score (nSPS) is 25.6. The lowest BCUT2D eigenvalue weighted by atomic mass is 9.95. The Labute approximate surface area is 284 Å². The minimum Gasteiger partial charge on any atom is -0.508 e. The molecule has 11 heteroatoms. The van der Waals surface area contributed by atoms with Crippen LogP contribution in [0.1, 0.15) is 51.5 Å². The average Bonchev–Trinajstić information content (AvgIpc) is 4.01. The van der Waals surface area contributed by atoms with E-state index in [4.69, 9.17) is 16.1 Å². The average molecular weight is 664 g/mol. The van der Waals surface area contributed by atoms with Crippen molar-refractivity contribution >= 4 is 27.5 Å². The lowest BCUT2D eigenvalue weighted by Gasteiger charge is -2.39. The number of terminal acetylenes is 1. The number of halogens is 2. The molecule has 9 nitrogen and oxygen atoms in total. The van der Waals surface area contributed by atoms with Crippen LogP contribution in [0.25, 0.3) is 32.9 Å². The molecule has 49 heavy (non-hydrogen) atoms. The van der Waals surface area contributed by atoms with E-state index >= 15 is 4.39 Å². The lowest BCUT2D eigenvalue weighted by Crippen LogP contribution is -2.56. The highest BCUT2D eigenvalue weighted by molar-refractivity contribution is 6.03. The number of phenols is 1. The molecule has 2 aliphatic heterocycles. The van der Waals surface area contributed by atoms with Crippen LogP contribution in [0.15, 0.2) is 30.5 Å². The fourth-order valence-electron chi connectivity index (χ4n) is 8.08. The number of anilines is 1. The van der Waals surface area contributed by atoms with E-state index in [9.17, 15) is 14.8 Å². The summed E-state index contributed by atoms with van der Waals surface area (Å²) in [6, 6.07) is 8.60. The van der Waals surface area contributed by atoms with Gasteiger partial charge < -0.3 is 25.0 Å². The summed E-state index contributed by atoms with van der Waals surface area (Å²) in [6.45, 7) is 8.61. The molecule has 4 heterocycles. The number of benzene rings is 2. The van der Waals surface area contributed by atoms with Crippen molar-refractivity contribution in [2.24, 2.45) is 16.7 Å². The van der Waals surface area contributed by atoms with Crippen LogP contribution >= 0.6 is 0 Å². The molecule has 4 atom stereocenters. The van der Waals surface area contributed by atoms with Crippen molar-refractivity contribution in [1.29, 1.82) is 5.26 Å². The molecule has 4 aliphatic rings. The maximum absolute atomic E-state index is 16.9. The van der Waals surface area contributed by atoms with E-state index in [0.29, 0.717) is 42.2 Å². The first kappa shape index (κ1) is 31.7. The molecule has 8 rings (SSSR count). The summed E-state index contributed by atoms with van der Waals surface area (Å²) in [4.78, 5) is 18.6. The molecule has 0 spiro atoms. The molecule has 4 aromatic rings. The molecule has 2 aromatic carbocycles. The Kier molecular flexibility index (Phi) is 7.62. The first-order valence-electron chi connectivity index (χ1n) is 17.2. The van der Waals surface area contributed by atoms with Crippen molar-refractivity contribution in [2.45, 2.75) is 58.0 Å². The van der Waals surface area contributed by atoms with Crippen LogP contribution in [0.4, 0.5) is 14.6 Å². The predicted molar refractivity (Wildman–Crippen MR) is 183 cm³/mol. The predicted octanol–water partition coefficient (Wildman–Crippen LogP) is 5.78. The third-order valence-electron chi connectivity index (χ3n) is 11.2. The number of nitrogens with one attached hydrogen (secondary N) is 1. The number of ether oxygens (including phenoxy) is 1. The second-order valence-electron chi connectivity index (χ2n) is 14.6. The molecular formula is C38H39F2N7O2. The number of hydrogen-bond acceptors (Lipinski definition) is 9. The van der Waals surface area contributed by atoms with E-state index in [-0.39, 0.29) is 62.4 Å². The number of phenolic OH excluding ortho intramolecular Hbond substituents is 1. The smallest absolute Gasteiger partial charge is 0.319 e. The molecule has 2 N–H and O–H groups in total. The number of rotatable bonds is 9. The van der Waals surface area contributed by atoms with E-state index in [1.165, 1.54) is 24.3 Å². The summed E-state index contributed by atoms with van der Waals surface area (Å²) in [5, 5.41) is 25.1. The van der Waals surface area contributed by atoms with Crippen LogP contribution in [-0.2, 0) is 0 Å². The Morgan fingerprint density at radius 1 is 1.12 bits per heavy atom. The molecule has 4 unspecified atom stereocenters. The largest absolute Gasteiger partial charge is 0.508 e. The van der Waals surface area contributed by atoms with Crippen LogP contribution in [-0.4, -0.2) is 76.4 Å². The number of likely N-dealkylation sites (tertiary alicyclic amines) is 1. The van der Waals surface area contributed by atoms with Crippen LogP contribution in [0, 0.1) is 52.1 Å². The first-order valence-corrected chi connectivity index (χ1v) is 17.2. The fourth-order valence-corrected chi connectivity index (χ4v) is 8.08. The van der Waals surface area contributed by atoms with Gasteiger partial charge in [-0.15, -0.1) is 6.42 Å². The molecular weight excluding hydrogens is 624 g/mol. The number of piperidine rings is 1. The van der Waals surface area contributed by atoms with Crippen LogP contribution in [0.5, 0.6) is 11.8 Å². The van der Waals surface area contributed by atoms with Gasteiger partial charge in [0.25, 0.3) is 0 Å². The third-order valence-corrected chi connectivity index (χ3v) is 11.2. The number of aromatic hydroxyl groups is 1. The Morgan fingerprint density at radius 3 is 2.57 bits per heavy atom. The summed E-state index contributed by atoms with van der Waals surface area (Å²) in [5.41, 5.74) is -0.175. The standard InChI is InChI=1S/C38H39F2N7O2/c1-4-24-16-47(17-25(5-2)43-24)35-29-14-42-33(28-12-26(48)11-22-7-8-30(39)27(6-3)31(22)28)32(40)34(29)44-36(45-35)49-21-37(9-10-37)19-46-15-23-13-38(23,18-41)20-46/h3,7-8,11-12,14,23-25,43,48H,4-5,9-10,13,15-17,19-21H2,1-2H3. The molecule has 252 valence electrons. The van der Waals surface area contributed by atoms with Gasteiger partial charge in [0.1, 0.15) is 28.6 Å². The summed E-state index contributed by atoms with van der Waals surface area (Å²) in [7, 11) is 0. The van der Waals surface area contributed by atoms with Gasteiger partial charge in [0.05, 0.1) is 29.0 Å². The highest BCUT2D eigenvalue weighted by Crippen LogP contribution is 2.58. The SMILES string of the molecule is C#Cc1c(F)ccc2cc(O)cc(-c3ncc4c(N5CC(CC)NC(CC)C5)nc(OCC5(CN6CC7CC7(C#N)C6)CC5)nc4c3F)c12. The van der Waals surface area contributed by atoms with Gasteiger partial charge in [0.2, 0.25) is 0 Å². The number of aromatic nitrogens is 3. The fraction of sp³-hybridized carbons (Fsp3) is 0.474. The Hall–Kier alpha value is -4.58. The number of piperazine rings is 1. The number of pyridine rings is 1. The molecule has 2 saturated heterocycles. The minimum atomic E-state index is -0.737. The van der Waals surface area contributed by atoms with Crippen molar-refractivity contribution in [1.82, 2.24) is 25.2 Å². The van der Waals surface area contributed by atoms with Crippen LogP contribution in [0.3, 0.4) is 0 Å². The van der Waals surface area contributed by atoms with Gasteiger partial charge in [-0.25, -0.2) is 8.78 Å². The zero-order valence-corrected chi connectivity index (χ0v) is 27.8. The van der Waals surface area contributed by atoms with Gasteiger partial charge >= 0.3 is 6.01 Å². The summed E-state index contributed by atoms with van der Waals surface area (Å²) < 4.78 is 38.2.